The van der Waals surface area contributed by atoms with E-state index in [0.717, 1.165) is 0 Å². The topological polar surface area (TPSA) is 99.4 Å². The van der Waals surface area contributed by atoms with Crippen LogP contribution in [0.15, 0.2) is 4.99 Å². The lowest BCUT2D eigenvalue weighted by atomic mass is 9.92. The first-order chi connectivity index (χ1) is 7.49. The molecule has 0 aliphatic carbocycles. The summed E-state index contributed by atoms with van der Waals surface area (Å²) in [6.45, 7) is -1.08. The molecule has 0 aromatic carbocycles. The number of aliphatic imine (C=N–C) groups is 1. The lowest BCUT2D eigenvalue weighted by molar-refractivity contribution is -0.227. The summed E-state index contributed by atoms with van der Waals surface area (Å²) in [4.78, 5) is 14.9. The molecule has 7 heteroatoms. The van der Waals surface area contributed by atoms with E-state index in [2.05, 4.69) is 17.2 Å². The van der Waals surface area contributed by atoms with E-state index in [0.29, 0.717) is 0 Å². The molecule has 0 amide bonds. The molecule has 3 N–H and O–H groups in total. The third-order valence-electron chi connectivity index (χ3n) is 2.20. The second-order valence-corrected chi connectivity index (χ2v) is 3.32. The Balaban J connectivity index is 3.11. The van der Waals surface area contributed by atoms with Gasteiger partial charge in [0.15, 0.2) is 5.78 Å². The number of hydrogen-bond donors (Lipinski definition) is 3. The molecule has 1 fully saturated rings. The average molecular weight is 234 g/mol. The summed E-state index contributed by atoms with van der Waals surface area (Å²) < 4.78 is 11.9. The predicted molar refractivity (Wildman–Crippen MR) is 52.4 cm³/mol. The zero-order valence-electron chi connectivity index (χ0n) is 8.66. The zero-order valence-corrected chi connectivity index (χ0v) is 8.48. The molecule has 84 valence electrons. The average Bonchev–Trinajstić information content (AvgIpc) is 2.29. The Morgan fingerprint density at radius 3 is 2.93 bits per heavy atom. The number of isothiocyanates is 1. The summed E-state index contributed by atoms with van der Waals surface area (Å²) in [5.74, 6) is -0.858. The fourth-order valence-corrected chi connectivity index (χ4v) is 1.45. The van der Waals surface area contributed by atoms with Gasteiger partial charge in [-0.05, 0) is 19.1 Å². The van der Waals surface area contributed by atoms with Crippen LogP contribution in [0.5, 0.6) is 0 Å². The summed E-state index contributed by atoms with van der Waals surface area (Å²) in [5.41, 5.74) is -2.12. The van der Waals surface area contributed by atoms with Crippen molar-refractivity contribution in [1.82, 2.24) is 0 Å². The van der Waals surface area contributed by atoms with Crippen LogP contribution in [-0.4, -0.2) is 56.9 Å². The molecule has 0 aromatic rings. The molecule has 0 saturated carbocycles. The predicted octanol–water partition coefficient (Wildman–Crippen LogP) is -1.51. The minimum atomic E-state index is -2.12. The highest BCUT2D eigenvalue weighted by molar-refractivity contribution is 7.78. The SMILES string of the molecule is [2H]CC(=O)C1(N=C=S)OC[C@@H](O)[C@H](O)[C@H]1O. The van der Waals surface area contributed by atoms with Crippen molar-refractivity contribution in [3.8, 4) is 0 Å². The summed E-state index contributed by atoms with van der Waals surface area (Å²) in [7, 11) is 0. The molecule has 4 atom stereocenters. The number of carbonyl (C=O) groups is 1. The maximum absolute atomic E-state index is 11.5. The lowest BCUT2D eigenvalue weighted by Crippen LogP contribution is -2.62. The molecular weight excluding hydrogens is 222 g/mol. The Labute approximate surface area is 92.6 Å². The third-order valence-corrected chi connectivity index (χ3v) is 2.30. The van der Waals surface area contributed by atoms with E-state index in [1.807, 2.05) is 5.16 Å². The molecular formula is C8H11NO5S. The normalized spacial score (nSPS) is 41.5. The van der Waals surface area contributed by atoms with Crippen molar-refractivity contribution in [3.05, 3.63) is 0 Å². The standard InChI is InChI=1S/C8H11NO5S/c1-4(10)8(9-3-15)7(13)6(12)5(11)2-14-8/h5-7,11-13H,2H2,1H3/t5-,6+,7-,8?/m1/s1/i1D. The maximum Gasteiger partial charge on any atom is 0.256 e. The number of aliphatic hydroxyl groups is 3. The zero-order chi connectivity index (χ0) is 12.3. The molecule has 1 unspecified atom stereocenters. The van der Waals surface area contributed by atoms with Gasteiger partial charge in [-0.2, -0.15) is 4.99 Å². The van der Waals surface area contributed by atoms with Gasteiger partial charge in [-0.1, -0.05) is 0 Å². The van der Waals surface area contributed by atoms with Gasteiger partial charge in [0.2, 0.25) is 0 Å². The van der Waals surface area contributed by atoms with Crippen LogP contribution in [0.4, 0.5) is 0 Å². The first kappa shape index (κ1) is 10.8. The van der Waals surface area contributed by atoms with Gasteiger partial charge in [-0.15, -0.1) is 0 Å². The van der Waals surface area contributed by atoms with Crippen LogP contribution in [0.2, 0.25) is 0 Å². The number of carbonyl (C=O) groups excluding carboxylic acids is 1. The van der Waals surface area contributed by atoms with Crippen LogP contribution in [0.3, 0.4) is 0 Å². The number of Topliss-reactive ketones (excluding diaryl/α,β-unsaturated/α-hetero) is 1. The Morgan fingerprint density at radius 1 is 1.73 bits per heavy atom. The summed E-state index contributed by atoms with van der Waals surface area (Å²) in [6, 6.07) is 0. The molecule has 0 aromatic heterocycles. The van der Waals surface area contributed by atoms with Crippen molar-refractivity contribution in [3.63, 3.8) is 0 Å². The number of ether oxygens (including phenoxy) is 1. The fraction of sp³-hybridized carbons (Fsp3) is 0.750. The fourth-order valence-electron chi connectivity index (χ4n) is 1.31. The monoisotopic (exact) mass is 234 g/mol. The summed E-state index contributed by atoms with van der Waals surface area (Å²) in [5, 5.41) is 30.2. The van der Waals surface area contributed by atoms with Crippen molar-refractivity contribution >= 4 is 23.2 Å². The molecule has 6 nitrogen and oxygen atoms in total. The number of hydrogen-bond acceptors (Lipinski definition) is 7. The number of nitrogens with zero attached hydrogens (tertiary/aromatic N) is 1. The van der Waals surface area contributed by atoms with Crippen molar-refractivity contribution in [2.45, 2.75) is 30.9 Å². The number of aliphatic hydroxyl groups excluding tert-OH is 3. The largest absolute Gasteiger partial charge is 0.388 e. The number of ketones is 1. The van der Waals surface area contributed by atoms with Crippen molar-refractivity contribution in [2.75, 3.05) is 6.61 Å². The van der Waals surface area contributed by atoms with Crippen LogP contribution >= 0.6 is 12.2 Å². The van der Waals surface area contributed by atoms with Gasteiger partial charge in [-0.25, -0.2) is 0 Å². The molecule has 1 saturated heterocycles. The minimum absolute atomic E-state index is 0.384. The van der Waals surface area contributed by atoms with E-state index in [-0.39, 0.29) is 6.61 Å². The second-order valence-electron chi connectivity index (χ2n) is 3.14. The van der Waals surface area contributed by atoms with Crippen LogP contribution in [-0.2, 0) is 9.53 Å². The van der Waals surface area contributed by atoms with E-state index in [9.17, 15) is 20.1 Å². The second kappa shape index (κ2) is 4.44. The van der Waals surface area contributed by atoms with E-state index in [1.54, 1.807) is 0 Å². The highest BCUT2D eigenvalue weighted by atomic mass is 32.1. The Kier molecular flexibility index (Phi) is 3.20. The van der Waals surface area contributed by atoms with E-state index in [1.165, 1.54) is 0 Å². The van der Waals surface area contributed by atoms with Gasteiger partial charge < -0.3 is 20.1 Å². The smallest absolute Gasteiger partial charge is 0.256 e. The van der Waals surface area contributed by atoms with E-state index < -0.39 is 36.7 Å². The van der Waals surface area contributed by atoms with E-state index >= 15 is 0 Å². The minimum Gasteiger partial charge on any atom is -0.388 e. The highest BCUT2D eigenvalue weighted by Gasteiger charge is 2.53. The van der Waals surface area contributed by atoms with Crippen LogP contribution in [0, 0.1) is 0 Å². The Bertz CT molecular complexity index is 334. The first-order valence-electron chi connectivity index (χ1n) is 4.80. The third kappa shape index (κ3) is 1.98. The van der Waals surface area contributed by atoms with Gasteiger partial charge in [-0.3, -0.25) is 4.79 Å². The summed E-state index contributed by atoms with van der Waals surface area (Å²) >= 11 is 4.33. The van der Waals surface area contributed by atoms with Crippen molar-refractivity contribution < 1.29 is 26.2 Å². The molecule has 1 heterocycles. The number of thiocarbonyl (C=S) groups is 1. The molecule has 0 bridgehead atoms. The molecule has 1 rings (SSSR count). The molecule has 15 heavy (non-hydrogen) atoms. The quantitative estimate of drug-likeness (QED) is 0.397. The lowest BCUT2D eigenvalue weighted by Gasteiger charge is -2.40. The van der Waals surface area contributed by atoms with Crippen LogP contribution in [0.1, 0.15) is 8.27 Å². The summed E-state index contributed by atoms with van der Waals surface area (Å²) in [6.07, 6.45) is -4.68. The van der Waals surface area contributed by atoms with Gasteiger partial charge in [0.1, 0.15) is 18.3 Å². The van der Waals surface area contributed by atoms with Crippen molar-refractivity contribution in [2.24, 2.45) is 4.99 Å². The first-order valence-corrected chi connectivity index (χ1v) is 4.50. The van der Waals surface area contributed by atoms with Crippen molar-refractivity contribution in [1.29, 1.82) is 0 Å². The Hall–Kier alpha value is -0.690. The van der Waals surface area contributed by atoms with Gasteiger partial charge >= 0.3 is 0 Å². The van der Waals surface area contributed by atoms with Gasteiger partial charge in [0, 0.05) is 1.37 Å². The van der Waals surface area contributed by atoms with Gasteiger partial charge in [0.25, 0.3) is 5.72 Å². The number of rotatable bonds is 2. The van der Waals surface area contributed by atoms with E-state index in [4.69, 9.17) is 6.11 Å². The molecule has 1 aliphatic heterocycles. The van der Waals surface area contributed by atoms with Crippen LogP contribution < -0.4 is 0 Å². The molecule has 0 radical (unpaired) electrons. The molecule has 0 spiro atoms. The van der Waals surface area contributed by atoms with Gasteiger partial charge in [0.05, 0.1) is 11.8 Å². The maximum atomic E-state index is 11.5. The van der Waals surface area contributed by atoms with Crippen LogP contribution in [0.25, 0.3) is 0 Å². The molecule has 1 aliphatic rings. The Morgan fingerprint density at radius 2 is 2.40 bits per heavy atom. The highest BCUT2D eigenvalue weighted by Crippen LogP contribution is 2.28.